The summed E-state index contributed by atoms with van der Waals surface area (Å²) in [5, 5.41) is 59.7. The van der Waals surface area contributed by atoms with Crippen LogP contribution in [0.5, 0.6) is 0 Å². The topological polar surface area (TPSA) is 453 Å². The molecule has 0 unspecified atom stereocenters. The molecule has 9 amide bonds. The van der Waals surface area contributed by atoms with Crippen LogP contribution >= 0.6 is 25.3 Å². The Hall–Kier alpha value is -7.80. The Morgan fingerprint density at radius 2 is 1.15 bits per heavy atom. The number of para-hydroxylation sites is 1. The molecular formula is C55H78N12O16S2. The molecule has 2 aromatic carbocycles. The number of benzene rings is 2. The van der Waals surface area contributed by atoms with Crippen LogP contribution in [-0.4, -0.2) is 193 Å². The van der Waals surface area contributed by atoms with E-state index in [9.17, 15) is 72.9 Å². The van der Waals surface area contributed by atoms with E-state index in [1.807, 2.05) is 0 Å². The summed E-state index contributed by atoms with van der Waals surface area (Å²) in [5.74, 6) is -13.8. The van der Waals surface area contributed by atoms with Gasteiger partial charge in [0.05, 0.1) is 18.6 Å². The molecule has 17 N–H and O–H groups in total. The van der Waals surface area contributed by atoms with E-state index in [0.29, 0.717) is 34.9 Å². The zero-order valence-electron chi connectivity index (χ0n) is 47.3. The maximum atomic E-state index is 14.8. The average molecular weight is 1230 g/mol. The zero-order chi connectivity index (χ0) is 63.1. The van der Waals surface area contributed by atoms with E-state index in [0.717, 1.165) is 4.90 Å². The molecule has 0 spiro atoms. The van der Waals surface area contributed by atoms with Crippen molar-refractivity contribution in [1.82, 2.24) is 52.4 Å². The van der Waals surface area contributed by atoms with E-state index >= 15 is 0 Å². The monoisotopic (exact) mass is 1230 g/mol. The van der Waals surface area contributed by atoms with E-state index in [4.69, 9.17) is 16.6 Å². The van der Waals surface area contributed by atoms with E-state index in [1.165, 1.54) is 6.92 Å². The van der Waals surface area contributed by atoms with Gasteiger partial charge in [0, 0.05) is 54.4 Å². The van der Waals surface area contributed by atoms with Crippen LogP contribution in [0.2, 0.25) is 0 Å². The number of fused-ring (bicyclic) bond motifs is 1. The van der Waals surface area contributed by atoms with Crippen LogP contribution in [0.1, 0.15) is 83.3 Å². The van der Waals surface area contributed by atoms with Crippen molar-refractivity contribution in [2.24, 2.45) is 17.4 Å². The van der Waals surface area contributed by atoms with Crippen LogP contribution in [0.4, 0.5) is 0 Å². The number of aromatic amines is 1. The van der Waals surface area contributed by atoms with E-state index in [1.54, 1.807) is 74.6 Å². The summed E-state index contributed by atoms with van der Waals surface area (Å²) in [6.45, 7) is 4.54. The number of carbonyl (C=O) groups is 12. The van der Waals surface area contributed by atoms with Gasteiger partial charge in [-0.05, 0) is 75.1 Å². The van der Waals surface area contributed by atoms with Crippen LogP contribution < -0.4 is 54.0 Å². The Morgan fingerprint density at radius 3 is 1.72 bits per heavy atom. The molecule has 1 fully saturated rings. The number of nitrogens with one attached hydrogen (secondary N) is 9. The van der Waals surface area contributed by atoms with Crippen molar-refractivity contribution in [1.29, 1.82) is 0 Å². The van der Waals surface area contributed by atoms with Crippen molar-refractivity contribution in [3.8, 4) is 0 Å². The molecule has 0 bridgehead atoms. The predicted molar refractivity (Wildman–Crippen MR) is 314 cm³/mol. The van der Waals surface area contributed by atoms with Gasteiger partial charge in [0.25, 0.3) is 0 Å². The van der Waals surface area contributed by atoms with Crippen LogP contribution in [0.3, 0.4) is 0 Å². The SMILES string of the molecule is CC(C)[C@H](NC(=O)[C@H](CS)NC(=O)[C@H](CCCCN)NC(=O)[C@H](Cc1c[nH]c2ccccc12)NC(=O)[C@H](Cc1ccccc1)NC(=O)[C@H](CS)NC(=O)[C@H](CC(=O)O)NC(=O)[C@H]1CCCN1C(=O)[C@@H](NC(=O)[C@@H](N)CCC(=O)O)[C@@H](C)O)C(=O)O. The number of carboxylic acids is 3. The second kappa shape index (κ2) is 34.2. The van der Waals surface area contributed by atoms with Crippen LogP contribution in [-0.2, 0) is 70.4 Å². The molecule has 3 aromatic rings. The number of aliphatic carboxylic acids is 3. The molecule has 0 saturated carbocycles. The quantitative estimate of drug-likeness (QED) is 0.0216. The van der Waals surface area contributed by atoms with Gasteiger partial charge in [-0.1, -0.05) is 62.4 Å². The van der Waals surface area contributed by atoms with E-state index in [-0.39, 0.29) is 57.4 Å². The lowest BCUT2D eigenvalue weighted by molar-refractivity contribution is -0.145. The van der Waals surface area contributed by atoms with Crippen LogP contribution in [0.15, 0.2) is 60.8 Å². The fraction of sp³-hybridized carbons (Fsp3) is 0.527. The molecule has 85 heavy (non-hydrogen) atoms. The number of nitrogens with two attached hydrogens (primary N) is 2. The second-order valence-electron chi connectivity index (χ2n) is 20.9. The number of aromatic nitrogens is 1. The Labute approximate surface area is 501 Å². The summed E-state index contributed by atoms with van der Waals surface area (Å²) < 4.78 is 0. The number of hydrogen-bond donors (Lipinski definition) is 17. The smallest absolute Gasteiger partial charge is 0.326 e. The number of carboxylic acid groups (broad SMARTS) is 3. The number of carbonyl (C=O) groups excluding carboxylic acids is 9. The van der Waals surface area contributed by atoms with Crippen molar-refractivity contribution < 1.29 is 78.0 Å². The van der Waals surface area contributed by atoms with Gasteiger partial charge in [0.1, 0.15) is 54.4 Å². The second-order valence-corrected chi connectivity index (χ2v) is 21.6. The summed E-state index contributed by atoms with van der Waals surface area (Å²) in [6, 6.07) is 0.702. The van der Waals surface area contributed by atoms with Crippen molar-refractivity contribution in [3.63, 3.8) is 0 Å². The largest absolute Gasteiger partial charge is 0.481 e. The molecule has 1 aromatic heterocycles. The number of aliphatic hydroxyl groups is 1. The third-order valence-corrected chi connectivity index (χ3v) is 14.7. The van der Waals surface area contributed by atoms with Gasteiger partial charge < -0.3 is 84.3 Å². The number of H-pyrrole nitrogens is 1. The van der Waals surface area contributed by atoms with Gasteiger partial charge >= 0.3 is 17.9 Å². The Balaban J connectivity index is 1.60. The van der Waals surface area contributed by atoms with E-state index in [2.05, 4.69) is 72.8 Å². The lowest BCUT2D eigenvalue weighted by Gasteiger charge is -2.31. The standard InChI is InChI=1S/C55H78N12O16S2/c1-28(2)44(55(82)83)65-52(79)40(27-85)63-47(74)35(16-9-10-20-56)59-49(76)37(23-31-25-58-34-15-8-7-14-32(31)34)61-48(75)36(22-30-12-5-4-6-13-30)60-51(78)39(26-84)64-50(77)38(24-43(71)72)62-53(80)41-17-11-21-67(41)54(81)45(29(3)68)66-46(73)33(57)18-19-42(69)70/h4-8,12-15,25,28-29,33,35-41,44-45,58,68,84-85H,9-11,16-24,26-27,56-57H2,1-3H3,(H,59,76)(H,60,78)(H,61,75)(H,62,80)(H,63,74)(H,64,77)(H,65,79)(H,66,73)(H,69,70)(H,71,72)(H,82,83)/t29-,33+,35+,36+,37+,38+,39+,40+,41-,44+,45+/m1/s1. The fourth-order valence-corrected chi connectivity index (χ4v) is 9.77. The highest BCUT2D eigenvalue weighted by molar-refractivity contribution is 7.80. The maximum absolute atomic E-state index is 14.8. The van der Waals surface area contributed by atoms with Crippen molar-refractivity contribution >= 4 is 107 Å². The highest BCUT2D eigenvalue weighted by Crippen LogP contribution is 2.22. The normalized spacial score (nSPS) is 16.6. The molecular weight excluding hydrogens is 1150 g/mol. The molecule has 28 nitrogen and oxygen atoms in total. The van der Waals surface area contributed by atoms with Crippen molar-refractivity contribution in [2.75, 3.05) is 24.6 Å². The first kappa shape index (κ1) is 69.7. The maximum Gasteiger partial charge on any atom is 0.326 e. The van der Waals surface area contributed by atoms with E-state index < -0.39 is 162 Å². The third kappa shape index (κ3) is 21.3. The predicted octanol–water partition coefficient (Wildman–Crippen LogP) is -2.40. The number of hydrogen-bond acceptors (Lipinski definition) is 17. The Bertz CT molecular complexity index is 2840. The molecule has 466 valence electrons. The first-order valence-electron chi connectivity index (χ1n) is 27.6. The number of likely N-dealkylation sites (tertiary alicyclic amines) is 1. The fourth-order valence-electron chi connectivity index (χ4n) is 9.26. The first-order valence-corrected chi connectivity index (χ1v) is 28.9. The molecule has 4 rings (SSSR count). The minimum absolute atomic E-state index is 0.00657. The highest BCUT2D eigenvalue weighted by atomic mass is 32.1. The van der Waals surface area contributed by atoms with Gasteiger partial charge in [-0.2, -0.15) is 25.3 Å². The Morgan fingerprint density at radius 1 is 0.624 bits per heavy atom. The highest BCUT2D eigenvalue weighted by Gasteiger charge is 2.42. The van der Waals surface area contributed by atoms with Gasteiger partial charge in [-0.3, -0.25) is 52.7 Å². The number of amides is 9. The minimum Gasteiger partial charge on any atom is -0.481 e. The molecule has 1 aliphatic heterocycles. The number of unbranched alkanes of at least 4 members (excludes halogenated alkanes) is 1. The lowest BCUT2D eigenvalue weighted by atomic mass is 10.0. The molecule has 11 atom stereocenters. The summed E-state index contributed by atoms with van der Waals surface area (Å²) in [7, 11) is 0. The summed E-state index contributed by atoms with van der Waals surface area (Å²) in [5.41, 5.74) is 13.4. The lowest BCUT2D eigenvalue weighted by Crippen LogP contribution is -2.61. The average Bonchev–Trinajstić information content (AvgIpc) is 3.44. The summed E-state index contributed by atoms with van der Waals surface area (Å²) in [6.07, 6.45) is -1.06. The summed E-state index contributed by atoms with van der Waals surface area (Å²) >= 11 is 8.48. The zero-order valence-corrected chi connectivity index (χ0v) is 49.1. The molecule has 2 heterocycles. The number of rotatable bonds is 35. The molecule has 1 saturated heterocycles. The Kier molecular flexibility index (Phi) is 28.1. The van der Waals surface area contributed by atoms with Gasteiger partial charge in [-0.15, -0.1) is 0 Å². The number of aliphatic hydroxyl groups excluding tert-OH is 1. The van der Waals surface area contributed by atoms with Crippen molar-refractivity contribution in [3.05, 3.63) is 71.9 Å². The van der Waals surface area contributed by atoms with Gasteiger partial charge in [0.15, 0.2) is 0 Å². The first-order chi connectivity index (χ1) is 40.3. The third-order valence-electron chi connectivity index (χ3n) is 14.0. The molecule has 1 aliphatic rings. The van der Waals surface area contributed by atoms with Crippen LogP contribution in [0.25, 0.3) is 10.9 Å². The molecule has 30 heteroatoms. The molecule has 0 radical (unpaired) electrons. The van der Waals surface area contributed by atoms with Gasteiger partial charge in [0.2, 0.25) is 53.2 Å². The van der Waals surface area contributed by atoms with Gasteiger partial charge in [-0.25, -0.2) is 4.79 Å². The number of nitrogens with zero attached hydrogens (tertiary/aromatic N) is 1. The van der Waals surface area contributed by atoms with Crippen molar-refractivity contribution in [2.45, 2.75) is 152 Å². The number of thiol groups is 2. The van der Waals surface area contributed by atoms with Crippen LogP contribution in [0, 0.1) is 5.92 Å². The summed E-state index contributed by atoms with van der Waals surface area (Å²) in [4.78, 5) is 165. The minimum atomic E-state index is -1.87. The molecule has 0 aliphatic carbocycles.